The number of benzene rings is 2. The van der Waals surface area contributed by atoms with E-state index in [0.29, 0.717) is 11.6 Å². The molecular weight excluding hydrogens is 378 g/mol. The van der Waals surface area contributed by atoms with Crippen molar-refractivity contribution in [3.63, 3.8) is 0 Å². The first-order valence-corrected chi connectivity index (χ1v) is 9.64. The van der Waals surface area contributed by atoms with Crippen LogP contribution in [0.1, 0.15) is 18.5 Å². The van der Waals surface area contributed by atoms with E-state index in [0.717, 1.165) is 16.9 Å². The van der Waals surface area contributed by atoms with Crippen molar-refractivity contribution in [3.8, 4) is 0 Å². The molecule has 0 bridgehead atoms. The fourth-order valence-electron chi connectivity index (χ4n) is 3.90. The lowest BCUT2D eigenvalue weighted by Crippen LogP contribution is -2.37. The van der Waals surface area contributed by atoms with E-state index in [1.807, 2.05) is 55.4 Å². The highest BCUT2D eigenvalue weighted by Gasteiger charge is 2.59. The number of likely N-dealkylation sites (tertiary alicyclic amines) is 1. The molecule has 2 heterocycles. The average Bonchev–Trinajstić information content (AvgIpc) is 3.19. The molecule has 2 aliphatic heterocycles. The van der Waals surface area contributed by atoms with E-state index in [1.54, 1.807) is 24.1 Å². The Morgan fingerprint density at radius 3 is 2.21 bits per heavy atom. The molecule has 0 aromatic heterocycles. The molecule has 2 aromatic carbocycles. The van der Waals surface area contributed by atoms with Crippen LogP contribution in [0.3, 0.4) is 0 Å². The molecule has 2 aliphatic rings. The molecule has 0 radical (unpaired) electrons. The Morgan fingerprint density at radius 1 is 1.00 bits per heavy atom. The second-order valence-corrected chi connectivity index (χ2v) is 7.64. The normalized spacial score (nSPS) is 24.1. The van der Waals surface area contributed by atoms with Crippen LogP contribution >= 0.6 is 11.6 Å². The molecule has 7 heteroatoms. The van der Waals surface area contributed by atoms with Gasteiger partial charge >= 0.3 is 0 Å². The second-order valence-electron chi connectivity index (χ2n) is 7.21. The number of hydroxylamine groups is 1. The van der Waals surface area contributed by atoms with Crippen LogP contribution in [0.2, 0.25) is 5.02 Å². The smallest absolute Gasteiger partial charge is 0.261 e. The summed E-state index contributed by atoms with van der Waals surface area (Å²) >= 11 is 6.02. The Morgan fingerprint density at radius 2 is 1.64 bits per heavy atom. The van der Waals surface area contributed by atoms with Crippen molar-refractivity contribution < 1.29 is 14.4 Å². The molecule has 0 N–H and O–H groups in total. The summed E-state index contributed by atoms with van der Waals surface area (Å²) in [5.74, 6) is -1.03. The van der Waals surface area contributed by atoms with E-state index in [1.165, 1.54) is 4.90 Å². The van der Waals surface area contributed by atoms with Gasteiger partial charge in [0.05, 0.1) is 11.7 Å². The van der Waals surface area contributed by atoms with E-state index in [2.05, 4.69) is 0 Å². The number of hydrogen-bond acceptors (Lipinski definition) is 5. The van der Waals surface area contributed by atoms with Gasteiger partial charge in [-0.2, -0.15) is 0 Å². The van der Waals surface area contributed by atoms with Crippen molar-refractivity contribution in [2.24, 2.45) is 5.92 Å². The fraction of sp³-hybridized carbons (Fsp3) is 0.333. The van der Waals surface area contributed by atoms with Gasteiger partial charge in [-0.15, -0.1) is 0 Å². The molecular formula is C21H22ClN3O3. The SMILES string of the molecule is CCN1C(=O)[C@@H]2[C@@H](c3ccc(N(C)C)cc3)N(c3ccc(Cl)cc3)O[C@H]2C1=O. The van der Waals surface area contributed by atoms with Crippen LogP contribution in [0, 0.1) is 5.92 Å². The Hall–Kier alpha value is -2.57. The second kappa shape index (κ2) is 7.11. The maximum Gasteiger partial charge on any atom is 0.261 e. The number of nitrogens with zero attached hydrogens (tertiary/aromatic N) is 3. The molecule has 0 aliphatic carbocycles. The zero-order chi connectivity index (χ0) is 20.0. The van der Waals surface area contributed by atoms with E-state index < -0.39 is 18.1 Å². The monoisotopic (exact) mass is 399 g/mol. The maximum absolute atomic E-state index is 13.0. The highest BCUT2D eigenvalue weighted by atomic mass is 35.5. The molecule has 0 spiro atoms. The first kappa shape index (κ1) is 18.8. The number of halogens is 1. The molecule has 2 saturated heterocycles. The number of anilines is 2. The predicted molar refractivity (Wildman–Crippen MR) is 108 cm³/mol. The first-order valence-electron chi connectivity index (χ1n) is 9.26. The molecule has 0 saturated carbocycles. The quantitative estimate of drug-likeness (QED) is 0.738. The number of carbonyl (C=O) groups excluding carboxylic acids is 2. The molecule has 2 aromatic rings. The standard InChI is InChI=1S/C21H22ClN3O3/c1-4-24-20(26)17-18(13-5-9-15(10-6-13)23(2)3)25(28-19(17)21(24)27)16-11-7-14(22)8-12-16/h5-12,17-19H,4H2,1-3H3/t17-,18-,19-/m1/s1. The Balaban J connectivity index is 1.77. The summed E-state index contributed by atoms with van der Waals surface area (Å²) in [7, 11) is 3.95. The number of fused-ring (bicyclic) bond motifs is 1. The molecule has 2 amide bonds. The van der Waals surface area contributed by atoms with Crippen LogP contribution in [0.15, 0.2) is 48.5 Å². The van der Waals surface area contributed by atoms with Gasteiger partial charge in [0, 0.05) is 31.4 Å². The molecule has 6 nitrogen and oxygen atoms in total. The molecule has 3 atom stereocenters. The summed E-state index contributed by atoms with van der Waals surface area (Å²) in [6.45, 7) is 2.15. The van der Waals surface area contributed by atoms with Crippen molar-refractivity contribution >= 4 is 34.8 Å². The van der Waals surface area contributed by atoms with Crippen molar-refractivity contribution in [2.45, 2.75) is 19.1 Å². The predicted octanol–water partition coefficient (Wildman–Crippen LogP) is 3.27. The summed E-state index contributed by atoms with van der Waals surface area (Å²) in [6, 6.07) is 14.8. The van der Waals surface area contributed by atoms with Crippen LogP contribution in [0.4, 0.5) is 11.4 Å². The third kappa shape index (κ3) is 2.93. The number of likely N-dealkylation sites (N-methyl/N-ethyl adjacent to an activating group) is 1. The summed E-state index contributed by atoms with van der Waals surface area (Å²) in [5.41, 5.74) is 2.73. The van der Waals surface area contributed by atoms with Crippen LogP contribution in [0.5, 0.6) is 0 Å². The zero-order valence-electron chi connectivity index (χ0n) is 16.0. The summed E-state index contributed by atoms with van der Waals surface area (Å²) < 4.78 is 0. The van der Waals surface area contributed by atoms with Gasteiger partial charge in [0.15, 0.2) is 6.10 Å². The van der Waals surface area contributed by atoms with Gasteiger partial charge in [-0.25, -0.2) is 5.06 Å². The molecule has 0 unspecified atom stereocenters. The van der Waals surface area contributed by atoms with Gasteiger partial charge < -0.3 is 4.90 Å². The van der Waals surface area contributed by atoms with Gasteiger partial charge in [-0.05, 0) is 48.9 Å². The first-order chi connectivity index (χ1) is 13.4. The van der Waals surface area contributed by atoms with E-state index in [-0.39, 0.29) is 11.8 Å². The maximum atomic E-state index is 13.0. The van der Waals surface area contributed by atoms with Crippen LogP contribution in [0.25, 0.3) is 0 Å². The molecule has 146 valence electrons. The lowest BCUT2D eigenvalue weighted by Gasteiger charge is -2.29. The molecule has 2 fully saturated rings. The zero-order valence-corrected chi connectivity index (χ0v) is 16.8. The lowest BCUT2D eigenvalue weighted by molar-refractivity contribution is -0.142. The number of rotatable bonds is 4. The summed E-state index contributed by atoms with van der Waals surface area (Å²) in [5, 5.41) is 2.29. The third-order valence-electron chi connectivity index (χ3n) is 5.36. The highest BCUT2D eigenvalue weighted by molar-refractivity contribution is 6.30. The third-order valence-corrected chi connectivity index (χ3v) is 5.61. The number of imide groups is 1. The largest absolute Gasteiger partial charge is 0.378 e. The topological polar surface area (TPSA) is 53.1 Å². The minimum Gasteiger partial charge on any atom is -0.378 e. The van der Waals surface area contributed by atoms with Crippen LogP contribution in [-0.4, -0.2) is 43.5 Å². The highest BCUT2D eigenvalue weighted by Crippen LogP contribution is 2.46. The number of hydrogen-bond donors (Lipinski definition) is 0. The van der Waals surface area contributed by atoms with Gasteiger partial charge in [-0.1, -0.05) is 23.7 Å². The van der Waals surface area contributed by atoms with E-state index >= 15 is 0 Å². The fourth-order valence-corrected chi connectivity index (χ4v) is 4.03. The van der Waals surface area contributed by atoms with Crippen molar-refractivity contribution in [1.82, 2.24) is 4.90 Å². The number of amides is 2. The van der Waals surface area contributed by atoms with Gasteiger partial charge in [0.2, 0.25) is 5.91 Å². The molecule has 28 heavy (non-hydrogen) atoms. The van der Waals surface area contributed by atoms with Gasteiger partial charge in [-0.3, -0.25) is 19.3 Å². The van der Waals surface area contributed by atoms with Crippen molar-refractivity contribution in [1.29, 1.82) is 0 Å². The van der Waals surface area contributed by atoms with Gasteiger partial charge in [0.1, 0.15) is 5.92 Å². The average molecular weight is 400 g/mol. The number of carbonyl (C=O) groups is 2. The van der Waals surface area contributed by atoms with Crippen molar-refractivity contribution in [2.75, 3.05) is 30.6 Å². The minimum absolute atomic E-state index is 0.185. The Labute approximate surface area is 169 Å². The van der Waals surface area contributed by atoms with Crippen molar-refractivity contribution in [3.05, 3.63) is 59.1 Å². The Kier molecular flexibility index (Phi) is 4.77. The van der Waals surface area contributed by atoms with Crippen LogP contribution < -0.4 is 9.96 Å². The summed E-state index contributed by atoms with van der Waals surface area (Å²) in [4.78, 5) is 35.0. The Bertz CT molecular complexity index is 898. The van der Waals surface area contributed by atoms with E-state index in [9.17, 15) is 9.59 Å². The van der Waals surface area contributed by atoms with E-state index in [4.69, 9.17) is 16.4 Å². The molecule has 4 rings (SSSR count). The lowest BCUT2D eigenvalue weighted by atomic mass is 9.90. The van der Waals surface area contributed by atoms with Gasteiger partial charge in [0.25, 0.3) is 5.91 Å². The summed E-state index contributed by atoms with van der Waals surface area (Å²) in [6.07, 6.45) is -0.804. The van der Waals surface area contributed by atoms with Crippen LogP contribution in [-0.2, 0) is 14.4 Å². The minimum atomic E-state index is -0.804.